The minimum atomic E-state index is -1.16. The third-order valence-corrected chi connectivity index (χ3v) is 2.28. The van der Waals surface area contributed by atoms with Gasteiger partial charge in [0.2, 0.25) is 0 Å². The van der Waals surface area contributed by atoms with Gasteiger partial charge in [0.05, 0.1) is 0 Å². The number of hydrogen-bond donors (Lipinski definition) is 1. The first-order valence-corrected chi connectivity index (χ1v) is 5.14. The summed E-state index contributed by atoms with van der Waals surface area (Å²) in [5.41, 5.74) is 0.470. The molecular formula is C12H10FNO4. The summed E-state index contributed by atoms with van der Waals surface area (Å²) in [4.78, 5) is 10.6. The molecule has 0 bridgehead atoms. The lowest BCUT2D eigenvalue weighted by molar-refractivity contribution is 0.0685. The Morgan fingerprint density at radius 3 is 2.89 bits per heavy atom. The molecule has 0 saturated carbocycles. The molecule has 1 heterocycles. The third-order valence-electron chi connectivity index (χ3n) is 2.28. The first-order chi connectivity index (χ1) is 8.56. The summed E-state index contributed by atoms with van der Waals surface area (Å²) < 4.78 is 23.0. The highest BCUT2D eigenvalue weighted by atomic mass is 19.1. The standard InChI is InChI=1S/C12H10FNO4/c1-7-4-8(13)2-3-11(7)17-6-9-5-10(12(15)16)14-18-9/h2-5H,6H2,1H3,(H,15,16). The Morgan fingerprint density at radius 1 is 1.50 bits per heavy atom. The maximum absolute atomic E-state index is 12.9. The summed E-state index contributed by atoms with van der Waals surface area (Å²) in [5.74, 6) is -0.712. The van der Waals surface area contributed by atoms with Crippen LogP contribution in [0.25, 0.3) is 0 Å². The van der Waals surface area contributed by atoms with Gasteiger partial charge >= 0.3 is 5.97 Å². The van der Waals surface area contributed by atoms with Crippen molar-refractivity contribution < 1.29 is 23.6 Å². The van der Waals surface area contributed by atoms with Gasteiger partial charge in [-0.25, -0.2) is 9.18 Å². The molecular weight excluding hydrogens is 241 g/mol. The fourth-order valence-electron chi connectivity index (χ4n) is 1.41. The topological polar surface area (TPSA) is 72.6 Å². The number of carboxylic acid groups (broad SMARTS) is 1. The molecule has 0 spiro atoms. The fraction of sp³-hybridized carbons (Fsp3) is 0.167. The van der Waals surface area contributed by atoms with Gasteiger partial charge in [0.15, 0.2) is 11.5 Å². The number of benzene rings is 1. The summed E-state index contributed by atoms with van der Waals surface area (Å²) >= 11 is 0. The van der Waals surface area contributed by atoms with Crippen LogP contribution >= 0.6 is 0 Å². The lowest BCUT2D eigenvalue weighted by Gasteiger charge is -2.06. The van der Waals surface area contributed by atoms with Crippen LogP contribution in [0.4, 0.5) is 4.39 Å². The molecule has 1 aromatic carbocycles. The van der Waals surface area contributed by atoms with E-state index in [0.717, 1.165) is 0 Å². The number of rotatable bonds is 4. The van der Waals surface area contributed by atoms with Gasteiger partial charge in [-0.2, -0.15) is 0 Å². The van der Waals surface area contributed by atoms with E-state index in [1.54, 1.807) is 6.92 Å². The minimum Gasteiger partial charge on any atom is -0.485 e. The lowest BCUT2D eigenvalue weighted by atomic mass is 10.2. The number of hydrogen-bond acceptors (Lipinski definition) is 4. The van der Waals surface area contributed by atoms with E-state index in [1.807, 2.05) is 0 Å². The van der Waals surface area contributed by atoms with Gasteiger partial charge in [0.25, 0.3) is 0 Å². The van der Waals surface area contributed by atoms with Crippen LogP contribution in [0.15, 0.2) is 28.8 Å². The van der Waals surface area contributed by atoms with Crippen molar-refractivity contribution >= 4 is 5.97 Å². The molecule has 1 N–H and O–H groups in total. The highest BCUT2D eigenvalue weighted by Crippen LogP contribution is 2.19. The third kappa shape index (κ3) is 2.65. The van der Waals surface area contributed by atoms with E-state index in [2.05, 4.69) is 5.16 Å². The van der Waals surface area contributed by atoms with Gasteiger partial charge < -0.3 is 14.4 Å². The molecule has 0 aliphatic heterocycles. The maximum atomic E-state index is 12.9. The van der Waals surface area contributed by atoms with Crippen LogP contribution in [0.3, 0.4) is 0 Å². The zero-order valence-electron chi connectivity index (χ0n) is 9.51. The quantitative estimate of drug-likeness (QED) is 0.903. The summed E-state index contributed by atoms with van der Waals surface area (Å²) in [5, 5.41) is 12.0. The molecule has 94 valence electrons. The average Bonchev–Trinajstić information content (AvgIpc) is 2.76. The Hall–Kier alpha value is -2.37. The molecule has 0 amide bonds. The van der Waals surface area contributed by atoms with Crippen molar-refractivity contribution in [1.82, 2.24) is 5.16 Å². The molecule has 2 rings (SSSR count). The van der Waals surface area contributed by atoms with Crippen LogP contribution in [0, 0.1) is 12.7 Å². The second-order valence-corrected chi connectivity index (χ2v) is 3.68. The van der Waals surface area contributed by atoms with Gasteiger partial charge in [-0.1, -0.05) is 5.16 Å². The van der Waals surface area contributed by atoms with E-state index >= 15 is 0 Å². The number of ether oxygens (including phenoxy) is 1. The minimum absolute atomic E-state index is 0.0345. The first kappa shape index (κ1) is 12.1. The Bertz CT molecular complexity index is 579. The zero-order chi connectivity index (χ0) is 13.1. The number of halogens is 1. The molecule has 0 fully saturated rings. The SMILES string of the molecule is Cc1cc(F)ccc1OCc1cc(C(=O)O)no1. The molecule has 18 heavy (non-hydrogen) atoms. The first-order valence-electron chi connectivity index (χ1n) is 5.14. The highest BCUT2D eigenvalue weighted by molar-refractivity contribution is 5.85. The van der Waals surface area contributed by atoms with Crippen molar-refractivity contribution in [3.8, 4) is 5.75 Å². The van der Waals surface area contributed by atoms with Gasteiger partial charge in [0.1, 0.15) is 18.2 Å². The van der Waals surface area contributed by atoms with E-state index in [0.29, 0.717) is 11.3 Å². The number of aromatic carboxylic acids is 1. The number of carbonyl (C=O) groups is 1. The molecule has 0 unspecified atom stereocenters. The number of nitrogens with zero attached hydrogens (tertiary/aromatic N) is 1. The van der Waals surface area contributed by atoms with Crippen molar-refractivity contribution in [3.05, 3.63) is 47.1 Å². The Labute approximate surface area is 102 Å². The van der Waals surface area contributed by atoms with Crippen LogP contribution in [0.2, 0.25) is 0 Å². The molecule has 0 aliphatic carbocycles. The zero-order valence-corrected chi connectivity index (χ0v) is 9.51. The lowest BCUT2D eigenvalue weighted by Crippen LogP contribution is -1.97. The van der Waals surface area contributed by atoms with E-state index in [-0.39, 0.29) is 23.9 Å². The van der Waals surface area contributed by atoms with Crippen LogP contribution in [0.1, 0.15) is 21.8 Å². The Balaban J connectivity index is 2.04. The van der Waals surface area contributed by atoms with E-state index in [1.165, 1.54) is 24.3 Å². The van der Waals surface area contributed by atoms with Gasteiger partial charge in [-0.3, -0.25) is 0 Å². The summed E-state index contributed by atoms with van der Waals surface area (Å²) in [7, 11) is 0. The second-order valence-electron chi connectivity index (χ2n) is 3.68. The smallest absolute Gasteiger partial charge is 0.358 e. The van der Waals surface area contributed by atoms with Crippen LogP contribution in [0.5, 0.6) is 5.75 Å². The average molecular weight is 251 g/mol. The molecule has 5 nitrogen and oxygen atoms in total. The number of aromatic nitrogens is 1. The molecule has 2 aromatic rings. The van der Waals surface area contributed by atoms with E-state index < -0.39 is 5.97 Å². The van der Waals surface area contributed by atoms with Crippen molar-refractivity contribution in [1.29, 1.82) is 0 Å². The van der Waals surface area contributed by atoms with Crippen molar-refractivity contribution in [2.45, 2.75) is 13.5 Å². The summed E-state index contributed by atoms with van der Waals surface area (Å²) in [6.07, 6.45) is 0. The van der Waals surface area contributed by atoms with Crippen molar-refractivity contribution in [2.24, 2.45) is 0 Å². The monoisotopic (exact) mass is 251 g/mol. The van der Waals surface area contributed by atoms with Crippen LogP contribution in [-0.4, -0.2) is 16.2 Å². The van der Waals surface area contributed by atoms with E-state index in [4.69, 9.17) is 14.4 Å². The predicted molar refractivity (Wildman–Crippen MR) is 58.9 cm³/mol. The predicted octanol–water partition coefficient (Wildman–Crippen LogP) is 2.40. The molecule has 0 atom stereocenters. The summed E-state index contributed by atoms with van der Waals surface area (Å²) in [6, 6.07) is 5.41. The van der Waals surface area contributed by atoms with Gasteiger partial charge in [-0.15, -0.1) is 0 Å². The van der Waals surface area contributed by atoms with Crippen LogP contribution in [-0.2, 0) is 6.61 Å². The van der Waals surface area contributed by atoms with Crippen molar-refractivity contribution in [3.63, 3.8) is 0 Å². The molecule has 0 radical (unpaired) electrons. The number of aryl methyl sites for hydroxylation is 1. The molecule has 6 heteroatoms. The maximum Gasteiger partial charge on any atom is 0.358 e. The molecule has 0 aliphatic rings. The van der Waals surface area contributed by atoms with Gasteiger partial charge in [-0.05, 0) is 30.7 Å². The van der Waals surface area contributed by atoms with E-state index in [9.17, 15) is 9.18 Å². The summed E-state index contributed by atoms with van der Waals surface area (Å²) in [6.45, 7) is 1.74. The Morgan fingerprint density at radius 2 is 2.28 bits per heavy atom. The van der Waals surface area contributed by atoms with Crippen molar-refractivity contribution in [2.75, 3.05) is 0 Å². The molecule has 0 saturated heterocycles. The van der Waals surface area contributed by atoms with Crippen LogP contribution < -0.4 is 4.74 Å². The second kappa shape index (κ2) is 4.87. The number of carboxylic acids is 1. The fourth-order valence-corrected chi connectivity index (χ4v) is 1.41. The normalized spacial score (nSPS) is 10.3. The Kier molecular flexibility index (Phi) is 3.27. The highest BCUT2D eigenvalue weighted by Gasteiger charge is 2.11. The largest absolute Gasteiger partial charge is 0.485 e. The molecule has 1 aromatic heterocycles. The van der Waals surface area contributed by atoms with Gasteiger partial charge in [0, 0.05) is 6.07 Å².